The summed E-state index contributed by atoms with van der Waals surface area (Å²) >= 11 is 0. The molecule has 27 heavy (non-hydrogen) atoms. The number of aryl methyl sites for hydroxylation is 2. The number of nitrogens with zero attached hydrogens (tertiary/aromatic N) is 1. The molecule has 0 bridgehead atoms. The number of nitrogen functional groups attached to an aromatic ring is 1. The van der Waals surface area contributed by atoms with Gasteiger partial charge in [0.2, 0.25) is 0 Å². The zero-order valence-electron chi connectivity index (χ0n) is 16.8. The van der Waals surface area contributed by atoms with E-state index in [2.05, 4.69) is 4.18 Å². The number of para-hydroxylation sites is 1. The van der Waals surface area contributed by atoms with E-state index in [9.17, 15) is 13.2 Å². The second kappa shape index (κ2) is 12.7. The van der Waals surface area contributed by atoms with Gasteiger partial charge in [-0.1, -0.05) is 31.5 Å². The molecule has 0 heterocycles. The molecule has 156 valence electrons. The molecule has 0 aliphatic carbocycles. The number of hydrogen-bond acceptors (Lipinski definition) is 7. The van der Waals surface area contributed by atoms with Crippen molar-refractivity contribution in [3.63, 3.8) is 0 Å². The van der Waals surface area contributed by atoms with Gasteiger partial charge >= 0.3 is 16.3 Å². The number of rotatable bonds is 9. The van der Waals surface area contributed by atoms with Crippen LogP contribution in [-0.2, 0) is 24.0 Å². The molecule has 0 unspecified atom stereocenters. The van der Waals surface area contributed by atoms with Crippen LogP contribution in [0.1, 0.15) is 44.7 Å². The normalized spacial score (nSPS) is 11.3. The van der Waals surface area contributed by atoms with Crippen molar-refractivity contribution in [1.82, 2.24) is 4.31 Å². The van der Waals surface area contributed by atoms with Gasteiger partial charge in [0.25, 0.3) is 0 Å². The van der Waals surface area contributed by atoms with Gasteiger partial charge in [0, 0.05) is 18.3 Å². The monoisotopic (exact) mass is 404 g/mol. The average Bonchev–Trinajstić information content (AvgIpc) is 2.59. The Morgan fingerprint density at radius 2 is 1.81 bits per heavy atom. The first-order valence-corrected chi connectivity index (χ1v) is 10.2. The fraction of sp³-hybridized carbons (Fsp3) is 0.611. The second-order valence-electron chi connectivity index (χ2n) is 6.25. The molecule has 0 saturated carbocycles. The highest BCUT2D eigenvalue weighted by Crippen LogP contribution is 2.14. The Morgan fingerprint density at radius 3 is 2.22 bits per heavy atom. The Bertz CT molecular complexity index is 656. The molecular formula is C18H32N2O6S. The van der Waals surface area contributed by atoms with Crippen molar-refractivity contribution in [3.05, 3.63) is 29.3 Å². The standard InChI is InChI=1S/C10H21NO6S.C8H11N/c1-4-5-6-16-8-11(9(2)3)18(14,15)17-10(13)7-12;1-6-4-3-5-7(2)8(6)9/h9,12H,4-8H2,1-3H3;3-5H,9H2,1-2H3. The fourth-order valence-corrected chi connectivity index (χ4v) is 3.00. The fourth-order valence-electron chi connectivity index (χ4n) is 1.89. The number of ether oxygens (including phenoxy) is 1. The summed E-state index contributed by atoms with van der Waals surface area (Å²) in [6.07, 6.45) is 1.76. The number of hydrogen-bond donors (Lipinski definition) is 2. The van der Waals surface area contributed by atoms with Crippen molar-refractivity contribution < 1.29 is 27.2 Å². The third-order valence-corrected chi connectivity index (χ3v) is 5.09. The lowest BCUT2D eigenvalue weighted by Gasteiger charge is -2.24. The Hall–Kier alpha value is -1.68. The summed E-state index contributed by atoms with van der Waals surface area (Å²) in [6.45, 7) is 8.55. The van der Waals surface area contributed by atoms with Crippen molar-refractivity contribution in [2.45, 2.75) is 53.5 Å². The Labute approximate surface area is 162 Å². The number of aliphatic hydroxyl groups is 1. The van der Waals surface area contributed by atoms with Crippen molar-refractivity contribution in [2.24, 2.45) is 0 Å². The van der Waals surface area contributed by atoms with E-state index in [1.807, 2.05) is 39.0 Å². The van der Waals surface area contributed by atoms with E-state index in [4.69, 9.17) is 15.6 Å². The third kappa shape index (κ3) is 9.71. The maximum atomic E-state index is 11.7. The molecule has 0 atom stereocenters. The summed E-state index contributed by atoms with van der Waals surface area (Å²) in [4.78, 5) is 10.8. The zero-order chi connectivity index (χ0) is 21.0. The molecule has 1 aromatic rings. The topological polar surface area (TPSA) is 119 Å². The molecule has 1 rings (SSSR count). The van der Waals surface area contributed by atoms with E-state index in [1.54, 1.807) is 13.8 Å². The Balaban J connectivity index is 0.000000621. The van der Waals surface area contributed by atoms with Gasteiger partial charge in [0.15, 0.2) is 0 Å². The molecule has 3 N–H and O–H groups in total. The summed E-state index contributed by atoms with van der Waals surface area (Å²) in [5, 5.41) is 8.48. The molecule has 0 spiro atoms. The molecule has 0 aliphatic rings. The number of carbonyl (C=O) groups is 1. The van der Waals surface area contributed by atoms with Crippen molar-refractivity contribution in [2.75, 3.05) is 25.7 Å². The van der Waals surface area contributed by atoms with Crippen LogP contribution >= 0.6 is 0 Å². The third-order valence-electron chi connectivity index (χ3n) is 3.59. The lowest BCUT2D eigenvalue weighted by atomic mass is 10.1. The quantitative estimate of drug-likeness (QED) is 0.367. The summed E-state index contributed by atoms with van der Waals surface area (Å²) in [5.41, 5.74) is 8.92. The van der Waals surface area contributed by atoms with Gasteiger partial charge in [0.1, 0.15) is 13.3 Å². The van der Waals surface area contributed by atoms with E-state index in [1.165, 1.54) is 0 Å². The van der Waals surface area contributed by atoms with Crippen LogP contribution in [-0.4, -0.2) is 49.8 Å². The first-order valence-electron chi connectivity index (χ1n) is 8.81. The summed E-state index contributed by atoms with van der Waals surface area (Å²) in [5.74, 6) is -1.21. The van der Waals surface area contributed by atoms with Crippen LogP contribution in [0, 0.1) is 13.8 Å². The number of benzene rings is 1. The van der Waals surface area contributed by atoms with Gasteiger partial charge < -0.3 is 19.8 Å². The molecule has 0 aliphatic heterocycles. The first-order chi connectivity index (χ1) is 12.6. The van der Waals surface area contributed by atoms with E-state index >= 15 is 0 Å². The predicted octanol–water partition coefficient (Wildman–Crippen LogP) is 2.14. The van der Waals surface area contributed by atoms with Crippen LogP contribution < -0.4 is 5.73 Å². The highest BCUT2D eigenvalue weighted by Gasteiger charge is 2.29. The minimum absolute atomic E-state index is 0.182. The second-order valence-corrected chi connectivity index (χ2v) is 7.74. The minimum atomic E-state index is -4.22. The summed E-state index contributed by atoms with van der Waals surface area (Å²) < 4.78 is 33.7. The maximum absolute atomic E-state index is 11.7. The van der Waals surface area contributed by atoms with Gasteiger partial charge in [-0.05, 0) is 45.2 Å². The van der Waals surface area contributed by atoms with Gasteiger partial charge in [0.05, 0.1) is 0 Å². The highest BCUT2D eigenvalue weighted by atomic mass is 32.2. The number of nitrogens with two attached hydrogens (primary N) is 1. The van der Waals surface area contributed by atoms with Gasteiger partial charge in [-0.3, -0.25) is 0 Å². The predicted molar refractivity (Wildman–Crippen MR) is 105 cm³/mol. The molecule has 0 fully saturated rings. The van der Waals surface area contributed by atoms with E-state index in [0.717, 1.165) is 34.0 Å². The van der Waals surface area contributed by atoms with E-state index in [0.29, 0.717) is 6.61 Å². The number of unbranched alkanes of at least 4 members (excludes halogenated alkanes) is 1. The number of carbonyl (C=O) groups excluding carboxylic acids is 1. The lowest BCUT2D eigenvalue weighted by molar-refractivity contribution is -0.137. The largest absolute Gasteiger partial charge is 0.398 e. The van der Waals surface area contributed by atoms with Crippen LogP contribution in [0.4, 0.5) is 5.69 Å². The smallest absolute Gasteiger partial charge is 0.389 e. The van der Waals surface area contributed by atoms with Crippen LogP contribution in [0.15, 0.2) is 18.2 Å². The molecule has 0 amide bonds. The SMILES string of the molecule is CCCCOCN(C(C)C)S(=O)(=O)OC(=O)CO.Cc1cccc(C)c1N. The van der Waals surface area contributed by atoms with Gasteiger partial charge in [-0.15, -0.1) is 4.31 Å². The summed E-state index contributed by atoms with van der Waals surface area (Å²) in [7, 11) is -4.22. The number of aliphatic hydroxyl groups excluding tert-OH is 1. The van der Waals surface area contributed by atoms with Crippen molar-refractivity contribution >= 4 is 22.0 Å². The van der Waals surface area contributed by atoms with Crippen LogP contribution in [0.3, 0.4) is 0 Å². The summed E-state index contributed by atoms with van der Waals surface area (Å²) in [6, 6.07) is 5.63. The molecular weight excluding hydrogens is 372 g/mol. The lowest BCUT2D eigenvalue weighted by Crippen LogP contribution is -2.41. The van der Waals surface area contributed by atoms with E-state index < -0.39 is 28.9 Å². The molecule has 1 aromatic carbocycles. The molecule has 0 radical (unpaired) electrons. The van der Waals surface area contributed by atoms with Crippen LogP contribution in [0.25, 0.3) is 0 Å². The highest BCUT2D eigenvalue weighted by molar-refractivity contribution is 7.84. The molecule has 0 aromatic heterocycles. The van der Waals surface area contributed by atoms with Crippen LogP contribution in [0.5, 0.6) is 0 Å². The average molecular weight is 405 g/mol. The zero-order valence-corrected chi connectivity index (χ0v) is 17.6. The Kier molecular flexibility index (Phi) is 11.9. The minimum Gasteiger partial charge on any atom is -0.398 e. The maximum Gasteiger partial charge on any atom is 0.389 e. The Morgan fingerprint density at radius 1 is 1.26 bits per heavy atom. The van der Waals surface area contributed by atoms with Crippen molar-refractivity contribution in [1.29, 1.82) is 0 Å². The first kappa shape index (κ1) is 25.3. The van der Waals surface area contributed by atoms with Gasteiger partial charge in [-0.25, -0.2) is 4.79 Å². The van der Waals surface area contributed by atoms with Crippen molar-refractivity contribution in [3.8, 4) is 0 Å². The van der Waals surface area contributed by atoms with E-state index in [-0.39, 0.29) is 6.73 Å². The number of anilines is 1. The molecule has 9 heteroatoms. The molecule has 0 saturated heterocycles. The van der Waals surface area contributed by atoms with Gasteiger partial charge in [-0.2, -0.15) is 8.42 Å². The molecule has 8 nitrogen and oxygen atoms in total. The van der Waals surface area contributed by atoms with Crippen LogP contribution in [0.2, 0.25) is 0 Å².